The molecule has 1 heterocycles. The van der Waals surface area contributed by atoms with Crippen LogP contribution in [-0.2, 0) is 15.1 Å². The van der Waals surface area contributed by atoms with Gasteiger partial charge in [0, 0.05) is 0 Å². The number of carbonyl (C=O) groups excluding carboxylic acids is 3. The molecule has 1 aliphatic rings. The summed E-state index contributed by atoms with van der Waals surface area (Å²) in [6.45, 7) is 2.98. The SMILES string of the molecule is C[C@@H](NC(=O)CN1C(=O)N[C@@](C)(c2ccc3ccccc3c2)C1=O)c1ccc(F)cc1. The zero-order valence-corrected chi connectivity index (χ0v) is 17.2. The van der Waals surface area contributed by atoms with Crippen LogP contribution in [0.15, 0.2) is 66.7 Å². The smallest absolute Gasteiger partial charge is 0.325 e. The van der Waals surface area contributed by atoms with Crippen molar-refractivity contribution in [3.8, 4) is 0 Å². The lowest BCUT2D eigenvalue weighted by Crippen LogP contribution is -2.43. The van der Waals surface area contributed by atoms with Crippen LogP contribution >= 0.6 is 0 Å². The van der Waals surface area contributed by atoms with Crippen LogP contribution in [0, 0.1) is 5.82 Å². The first kappa shape index (κ1) is 20.5. The van der Waals surface area contributed by atoms with Crippen LogP contribution < -0.4 is 10.6 Å². The Bertz CT molecular complexity index is 1180. The Labute approximate surface area is 179 Å². The van der Waals surface area contributed by atoms with Crippen LogP contribution in [-0.4, -0.2) is 29.3 Å². The fourth-order valence-electron chi connectivity index (χ4n) is 3.80. The van der Waals surface area contributed by atoms with Crippen LogP contribution in [0.3, 0.4) is 0 Å². The van der Waals surface area contributed by atoms with Crippen LogP contribution in [0.1, 0.15) is 31.0 Å². The molecular formula is C24H22FN3O3. The number of imide groups is 1. The second kappa shape index (κ2) is 7.83. The number of amides is 4. The summed E-state index contributed by atoms with van der Waals surface area (Å²) in [7, 11) is 0. The van der Waals surface area contributed by atoms with Crippen molar-refractivity contribution in [2.24, 2.45) is 0 Å². The summed E-state index contributed by atoms with van der Waals surface area (Å²) < 4.78 is 13.1. The molecule has 1 saturated heterocycles. The Morgan fingerprint density at radius 1 is 1.06 bits per heavy atom. The van der Waals surface area contributed by atoms with Gasteiger partial charge in [0.15, 0.2) is 0 Å². The minimum Gasteiger partial charge on any atom is -0.348 e. The Morgan fingerprint density at radius 3 is 2.45 bits per heavy atom. The number of benzene rings is 3. The highest BCUT2D eigenvalue weighted by molar-refractivity contribution is 6.09. The maximum absolute atomic E-state index is 13.1. The van der Waals surface area contributed by atoms with E-state index in [9.17, 15) is 18.8 Å². The quantitative estimate of drug-likeness (QED) is 0.620. The molecule has 6 nitrogen and oxygen atoms in total. The molecule has 2 atom stereocenters. The van der Waals surface area contributed by atoms with Gasteiger partial charge < -0.3 is 10.6 Å². The second-order valence-corrected chi connectivity index (χ2v) is 7.85. The van der Waals surface area contributed by atoms with Crippen LogP contribution in [0.4, 0.5) is 9.18 Å². The average molecular weight is 419 g/mol. The Kier molecular flexibility index (Phi) is 5.19. The molecule has 3 aromatic rings. The van der Waals surface area contributed by atoms with Gasteiger partial charge in [-0.05, 0) is 53.9 Å². The Balaban J connectivity index is 1.49. The summed E-state index contributed by atoms with van der Waals surface area (Å²) in [5.41, 5.74) is 0.101. The third kappa shape index (κ3) is 3.86. The summed E-state index contributed by atoms with van der Waals surface area (Å²) in [4.78, 5) is 39.1. The maximum atomic E-state index is 13.1. The molecule has 0 unspecified atom stereocenters. The van der Waals surface area contributed by atoms with Crippen molar-refractivity contribution in [2.45, 2.75) is 25.4 Å². The molecule has 0 aromatic heterocycles. The van der Waals surface area contributed by atoms with Crippen molar-refractivity contribution < 1.29 is 18.8 Å². The molecule has 4 rings (SSSR count). The normalized spacial score (nSPS) is 19.4. The van der Waals surface area contributed by atoms with Crippen molar-refractivity contribution in [1.82, 2.24) is 15.5 Å². The van der Waals surface area contributed by atoms with Gasteiger partial charge in [0.1, 0.15) is 17.9 Å². The number of carbonyl (C=O) groups is 3. The third-order valence-corrected chi connectivity index (χ3v) is 5.65. The molecule has 0 bridgehead atoms. The van der Waals surface area contributed by atoms with Gasteiger partial charge in [-0.15, -0.1) is 0 Å². The van der Waals surface area contributed by atoms with Gasteiger partial charge in [-0.1, -0.05) is 48.5 Å². The van der Waals surface area contributed by atoms with Gasteiger partial charge in [0.05, 0.1) is 6.04 Å². The van der Waals surface area contributed by atoms with E-state index in [-0.39, 0.29) is 5.82 Å². The van der Waals surface area contributed by atoms with E-state index in [1.165, 1.54) is 12.1 Å². The molecule has 0 radical (unpaired) electrons. The molecule has 0 aliphatic carbocycles. The Hall–Kier alpha value is -3.74. The molecule has 4 amide bonds. The second-order valence-electron chi connectivity index (χ2n) is 7.85. The number of urea groups is 1. The molecule has 3 aromatic carbocycles. The highest BCUT2D eigenvalue weighted by Crippen LogP contribution is 2.31. The monoisotopic (exact) mass is 419 g/mol. The van der Waals surface area contributed by atoms with E-state index in [2.05, 4.69) is 10.6 Å². The van der Waals surface area contributed by atoms with Gasteiger partial charge in [-0.25, -0.2) is 9.18 Å². The number of hydrogen-bond donors (Lipinski definition) is 2. The van der Waals surface area contributed by atoms with Crippen LogP contribution in [0.25, 0.3) is 10.8 Å². The number of nitrogens with zero attached hydrogens (tertiary/aromatic N) is 1. The molecule has 7 heteroatoms. The van der Waals surface area contributed by atoms with Gasteiger partial charge in [-0.3, -0.25) is 14.5 Å². The first-order valence-corrected chi connectivity index (χ1v) is 9.96. The van der Waals surface area contributed by atoms with E-state index >= 15 is 0 Å². The van der Waals surface area contributed by atoms with Crippen LogP contribution in [0.5, 0.6) is 0 Å². The molecule has 0 saturated carbocycles. The van der Waals surface area contributed by atoms with Crippen molar-refractivity contribution in [3.05, 3.63) is 83.7 Å². The zero-order valence-electron chi connectivity index (χ0n) is 17.2. The fraction of sp³-hybridized carbons (Fsp3) is 0.208. The molecule has 1 fully saturated rings. The fourth-order valence-corrected chi connectivity index (χ4v) is 3.80. The first-order valence-electron chi connectivity index (χ1n) is 9.96. The van der Waals surface area contributed by atoms with Gasteiger partial charge in [-0.2, -0.15) is 0 Å². The van der Waals surface area contributed by atoms with Crippen molar-refractivity contribution >= 4 is 28.6 Å². The number of fused-ring (bicyclic) bond motifs is 1. The number of halogens is 1. The summed E-state index contributed by atoms with van der Waals surface area (Å²) in [5, 5.41) is 7.44. The van der Waals surface area contributed by atoms with Gasteiger partial charge in [0.2, 0.25) is 5.91 Å². The lowest BCUT2D eigenvalue weighted by molar-refractivity contribution is -0.135. The highest BCUT2D eigenvalue weighted by atomic mass is 19.1. The molecule has 2 N–H and O–H groups in total. The molecule has 0 spiro atoms. The average Bonchev–Trinajstić information content (AvgIpc) is 2.97. The maximum Gasteiger partial charge on any atom is 0.325 e. The summed E-state index contributed by atoms with van der Waals surface area (Å²) in [5.74, 6) is -1.34. The van der Waals surface area contributed by atoms with Crippen LogP contribution in [0.2, 0.25) is 0 Å². The van der Waals surface area contributed by atoms with Crippen molar-refractivity contribution in [1.29, 1.82) is 0 Å². The molecule has 31 heavy (non-hydrogen) atoms. The minimum atomic E-state index is -1.26. The van der Waals surface area contributed by atoms with E-state index < -0.39 is 36.0 Å². The van der Waals surface area contributed by atoms with Crippen molar-refractivity contribution in [2.75, 3.05) is 6.54 Å². The van der Waals surface area contributed by atoms with E-state index in [0.29, 0.717) is 11.1 Å². The zero-order chi connectivity index (χ0) is 22.2. The summed E-state index contributed by atoms with van der Waals surface area (Å²) >= 11 is 0. The first-order chi connectivity index (χ1) is 14.8. The van der Waals surface area contributed by atoms with E-state index in [1.54, 1.807) is 32.0 Å². The van der Waals surface area contributed by atoms with Gasteiger partial charge >= 0.3 is 6.03 Å². The largest absolute Gasteiger partial charge is 0.348 e. The lowest BCUT2D eigenvalue weighted by Gasteiger charge is -2.23. The Morgan fingerprint density at radius 2 is 1.74 bits per heavy atom. The number of hydrogen-bond acceptors (Lipinski definition) is 3. The summed E-state index contributed by atoms with van der Waals surface area (Å²) in [6, 6.07) is 18.1. The highest BCUT2D eigenvalue weighted by Gasteiger charge is 2.49. The predicted octanol–water partition coefficient (Wildman–Crippen LogP) is 3.62. The van der Waals surface area contributed by atoms with E-state index in [1.807, 2.05) is 36.4 Å². The topological polar surface area (TPSA) is 78.5 Å². The lowest BCUT2D eigenvalue weighted by atomic mass is 9.90. The minimum absolute atomic E-state index is 0.366. The van der Waals surface area contributed by atoms with E-state index in [0.717, 1.165) is 15.7 Å². The third-order valence-electron chi connectivity index (χ3n) is 5.65. The molecule has 158 valence electrons. The number of rotatable bonds is 5. The standard InChI is InChI=1S/C24H22FN3O3/c1-15(16-8-11-20(25)12-9-16)26-21(29)14-28-22(30)24(2,27-23(28)31)19-10-7-17-5-3-4-6-18(17)13-19/h3-13,15H,14H2,1-2H3,(H,26,29)(H,27,31)/t15-,24+/m1/s1. The predicted molar refractivity (Wildman–Crippen MR) is 115 cm³/mol. The van der Waals surface area contributed by atoms with Gasteiger partial charge in [0.25, 0.3) is 5.91 Å². The molecular weight excluding hydrogens is 397 g/mol. The summed E-state index contributed by atoms with van der Waals surface area (Å²) in [6.07, 6.45) is 0. The number of nitrogens with one attached hydrogen (secondary N) is 2. The van der Waals surface area contributed by atoms with Crippen molar-refractivity contribution in [3.63, 3.8) is 0 Å². The molecule has 1 aliphatic heterocycles. The van der Waals surface area contributed by atoms with E-state index in [4.69, 9.17) is 0 Å².